The number of hydrogen-bond acceptors (Lipinski definition) is 8. The minimum atomic E-state index is -2.74. The number of aryl methyl sites for hydroxylation is 3. The first-order valence-corrected chi connectivity index (χ1v) is 14.1. The van der Waals surface area contributed by atoms with E-state index in [9.17, 15) is 19.5 Å². The van der Waals surface area contributed by atoms with Gasteiger partial charge >= 0.3 is 17.9 Å². The molecule has 2 aliphatic rings. The minimum Gasteiger partial charge on any atom is -0.481 e. The van der Waals surface area contributed by atoms with E-state index < -0.39 is 42.0 Å². The molecule has 0 unspecified atom stereocenters. The topological polar surface area (TPSA) is 186 Å². The second kappa shape index (κ2) is 12.6. The third-order valence-corrected chi connectivity index (χ3v) is 8.24. The summed E-state index contributed by atoms with van der Waals surface area (Å²) in [7, 11) is 0. The highest BCUT2D eigenvalue weighted by Crippen LogP contribution is 2.50. The van der Waals surface area contributed by atoms with Crippen molar-refractivity contribution in [3.63, 3.8) is 0 Å². The second-order valence-corrected chi connectivity index (χ2v) is 11.7. The van der Waals surface area contributed by atoms with Gasteiger partial charge in [-0.1, -0.05) is 18.2 Å². The molecule has 2 fully saturated rings. The minimum absolute atomic E-state index is 0.256. The van der Waals surface area contributed by atoms with Crippen LogP contribution in [-0.2, 0) is 26.5 Å². The van der Waals surface area contributed by atoms with Crippen molar-refractivity contribution >= 4 is 17.9 Å². The number of carbonyl (C=O) groups is 3. The van der Waals surface area contributed by atoms with E-state index in [2.05, 4.69) is 58.3 Å². The molecule has 1 aromatic carbocycles. The summed E-state index contributed by atoms with van der Waals surface area (Å²) in [6.45, 7) is 9.02. The predicted molar refractivity (Wildman–Crippen MR) is 154 cm³/mol. The maximum Gasteiger partial charge on any atom is 0.336 e. The molecule has 230 valence electrons. The zero-order valence-corrected chi connectivity index (χ0v) is 24.5. The van der Waals surface area contributed by atoms with Crippen LogP contribution >= 0.6 is 0 Å². The number of rotatable bonds is 9. The molecular formula is C31H38N4O8. The van der Waals surface area contributed by atoms with E-state index in [1.807, 2.05) is 30.8 Å². The Kier molecular flexibility index (Phi) is 9.33. The lowest BCUT2D eigenvalue weighted by atomic mass is 9.85. The van der Waals surface area contributed by atoms with E-state index in [1.54, 1.807) is 0 Å². The van der Waals surface area contributed by atoms with Crippen molar-refractivity contribution in [3.8, 4) is 5.69 Å². The number of aliphatic carboxylic acids is 3. The van der Waals surface area contributed by atoms with Crippen LogP contribution in [0.3, 0.4) is 0 Å². The van der Waals surface area contributed by atoms with Crippen LogP contribution in [0, 0.1) is 32.6 Å². The van der Waals surface area contributed by atoms with Crippen LogP contribution in [0.1, 0.15) is 53.9 Å². The van der Waals surface area contributed by atoms with Gasteiger partial charge in [0.25, 0.3) is 0 Å². The molecule has 12 nitrogen and oxygen atoms in total. The Labute approximate surface area is 249 Å². The van der Waals surface area contributed by atoms with E-state index in [4.69, 9.17) is 20.4 Å². The fraction of sp³-hybridized carbons (Fsp3) is 0.452. The first-order chi connectivity index (χ1) is 20.2. The normalized spacial score (nSPS) is 21.6. The van der Waals surface area contributed by atoms with Gasteiger partial charge in [-0.25, -0.2) is 9.48 Å². The second-order valence-electron chi connectivity index (χ2n) is 11.7. The quantitative estimate of drug-likeness (QED) is 0.245. The highest BCUT2D eigenvalue weighted by Gasteiger charge is 2.53. The third kappa shape index (κ3) is 7.27. The van der Waals surface area contributed by atoms with Crippen molar-refractivity contribution in [3.05, 3.63) is 76.9 Å². The van der Waals surface area contributed by atoms with E-state index in [0.717, 1.165) is 60.8 Å². The Morgan fingerprint density at radius 3 is 2.26 bits per heavy atom. The van der Waals surface area contributed by atoms with E-state index in [1.165, 1.54) is 5.56 Å². The molecular weight excluding hydrogens is 556 g/mol. The average Bonchev–Trinajstić information content (AvgIpc) is 3.57. The fourth-order valence-electron chi connectivity index (χ4n) is 6.21. The number of pyridine rings is 1. The van der Waals surface area contributed by atoms with Gasteiger partial charge in [-0.3, -0.25) is 19.5 Å². The molecule has 3 heterocycles. The fourth-order valence-corrected chi connectivity index (χ4v) is 6.21. The predicted octanol–water partition coefficient (Wildman–Crippen LogP) is 2.67. The van der Waals surface area contributed by atoms with Crippen LogP contribution < -0.4 is 0 Å². The van der Waals surface area contributed by atoms with Gasteiger partial charge in [-0.05, 0) is 74.9 Å². The van der Waals surface area contributed by atoms with Crippen molar-refractivity contribution in [1.29, 1.82) is 0 Å². The monoisotopic (exact) mass is 594 g/mol. The van der Waals surface area contributed by atoms with Crippen molar-refractivity contribution in [2.45, 2.75) is 64.2 Å². The van der Waals surface area contributed by atoms with Gasteiger partial charge in [0.15, 0.2) is 5.60 Å². The number of nitrogens with zero attached hydrogens (tertiary/aromatic N) is 4. The van der Waals surface area contributed by atoms with Crippen LogP contribution in [-0.4, -0.2) is 81.8 Å². The molecule has 0 radical (unpaired) electrons. The standard InChI is InChI=1S/C25H30N4O.C6H8O7/c1-17-7-8-24(26-13-17)25(30)10-9-21-15-28(16-23(21)25)14-20-5-4-6-22(12-20)29-19(3)11-18(2)27-29;7-3(8)1-6(13,5(11)12)2-4(9)10/h4-8,11-13,21,23,30H,9-10,14-16H2,1-3H3;13H,1-2H2,(H,7,8)(H,9,10)(H,11,12)/t21-,23+,25-;/m1./s1. The number of benzene rings is 1. The third-order valence-electron chi connectivity index (χ3n) is 8.24. The molecule has 3 aromatic rings. The Hall–Kier alpha value is -4.13. The van der Waals surface area contributed by atoms with Crippen LogP contribution in [0.5, 0.6) is 0 Å². The van der Waals surface area contributed by atoms with Gasteiger partial charge in [0.05, 0.1) is 29.9 Å². The maximum absolute atomic E-state index is 11.5. The summed E-state index contributed by atoms with van der Waals surface area (Å²) in [5.41, 5.74) is 3.03. The Balaban J connectivity index is 0.000000277. The smallest absolute Gasteiger partial charge is 0.336 e. The largest absolute Gasteiger partial charge is 0.481 e. The summed E-state index contributed by atoms with van der Waals surface area (Å²) in [4.78, 5) is 37.6. The molecule has 1 saturated heterocycles. The van der Waals surface area contributed by atoms with Crippen molar-refractivity contribution in [2.24, 2.45) is 11.8 Å². The summed E-state index contributed by atoms with van der Waals surface area (Å²) in [5, 5.41) is 50.0. The Bertz CT molecular complexity index is 1470. The number of hydrogen-bond donors (Lipinski definition) is 5. The van der Waals surface area contributed by atoms with Gasteiger partial charge in [-0.15, -0.1) is 0 Å². The number of aromatic nitrogens is 3. The zero-order chi connectivity index (χ0) is 31.5. The summed E-state index contributed by atoms with van der Waals surface area (Å²) < 4.78 is 2.01. The number of fused-ring (bicyclic) bond motifs is 1. The molecule has 43 heavy (non-hydrogen) atoms. The van der Waals surface area contributed by atoms with Crippen molar-refractivity contribution in [2.75, 3.05) is 13.1 Å². The molecule has 0 spiro atoms. The molecule has 0 amide bonds. The molecule has 1 saturated carbocycles. The Morgan fingerprint density at radius 2 is 1.70 bits per heavy atom. The molecule has 1 aliphatic carbocycles. The number of carboxylic acid groups (broad SMARTS) is 3. The highest BCUT2D eigenvalue weighted by molar-refractivity contribution is 5.88. The van der Waals surface area contributed by atoms with Crippen LogP contribution in [0.2, 0.25) is 0 Å². The van der Waals surface area contributed by atoms with E-state index >= 15 is 0 Å². The molecule has 1 aliphatic heterocycles. The van der Waals surface area contributed by atoms with Crippen LogP contribution in [0.4, 0.5) is 0 Å². The summed E-state index contributed by atoms with van der Waals surface area (Å²) in [6, 6.07) is 14.8. The lowest BCUT2D eigenvalue weighted by molar-refractivity contribution is -0.170. The zero-order valence-electron chi connectivity index (χ0n) is 24.5. The lowest BCUT2D eigenvalue weighted by Crippen LogP contribution is -2.42. The maximum atomic E-state index is 11.5. The summed E-state index contributed by atoms with van der Waals surface area (Å²) in [6.07, 6.45) is 1.47. The van der Waals surface area contributed by atoms with E-state index in [0.29, 0.717) is 5.92 Å². The highest BCUT2D eigenvalue weighted by atomic mass is 16.4. The first kappa shape index (κ1) is 31.8. The number of likely N-dealkylation sites (tertiary alicyclic amines) is 1. The van der Waals surface area contributed by atoms with Gasteiger partial charge in [0, 0.05) is 37.4 Å². The number of aliphatic hydroxyl groups is 2. The molecule has 12 heteroatoms. The Morgan fingerprint density at radius 1 is 1.00 bits per heavy atom. The van der Waals surface area contributed by atoms with Crippen LogP contribution in [0.25, 0.3) is 5.69 Å². The van der Waals surface area contributed by atoms with Crippen molar-refractivity contribution < 1.29 is 39.9 Å². The van der Waals surface area contributed by atoms with E-state index in [-0.39, 0.29) is 5.92 Å². The van der Waals surface area contributed by atoms with Gasteiger partial charge in [-0.2, -0.15) is 5.10 Å². The van der Waals surface area contributed by atoms with Crippen molar-refractivity contribution in [1.82, 2.24) is 19.7 Å². The summed E-state index contributed by atoms with van der Waals surface area (Å²) >= 11 is 0. The van der Waals surface area contributed by atoms with Crippen LogP contribution in [0.15, 0.2) is 48.7 Å². The molecule has 0 bridgehead atoms. The lowest BCUT2D eigenvalue weighted by Gasteiger charge is -2.30. The SMILES string of the molecule is Cc1ccc([C@@]2(O)CC[C@@H]3CN(Cc4cccc(-n5nc(C)cc5C)c4)C[C@@H]32)nc1.O=C(O)CC(O)(CC(=O)O)C(=O)O. The van der Waals surface area contributed by atoms with Gasteiger partial charge in [0.2, 0.25) is 0 Å². The molecule has 3 atom stereocenters. The molecule has 5 rings (SSSR count). The average molecular weight is 595 g/mol. The molecule has 2 aromatic heterocycles. The number of carboxylic acids is 3. The molecule has 5 N–H and O–H groups in total. The summed E-state index contributed by atoms with van der Waals surface area (Å²) in [5.74, 6) is -4.22. The first-order valence-electron chi connectivity index (χ1n) is 14.1. The van der Waals surface area contributed by atoms with Gasteiger partial charge in [0.1, 0.15) is 5.60 Å². The van der Waals surface area contributed by atoms with Gasteiger partial charge < -0.3 is 25.5 Å².